The summed E-state index contributed by atoms with van der Waals surface area (Å²) in [6.45, 7) is 8.71. The van der Waals surface area contributed by atoms with E-state index in [-0.39, 0.29) is 11.5 Å². The Morgan fingerprint density at radius 3 is 3.06 bits per heavy atom. The summed E-state index contributed by atoms with van der Waals surface area (Å²) < 4.78 is 10.9. The average molecular weight is 239 g/mol. The molecular weight excluding hydrogens is 218 g/mol. The van der Waals surface area contributed by atoms with Crippen molar-refractivity contribution in [3.63, 3.8) is 0 Å². The van der Waals surface area contributed by atoms with Crippen molar-refractivity contribution in [3.05, 3.63) is 11.7 Å². The third-order valence-electron chi connectivity index (χ3n) is 3.34. The van der Waals surface area contributed by atoms with Gasteiger partial charge in [-0.2, -0.15) is 4.98 Å². The highest BCUT2D eigenvalue weighted by Crippen LogP contribution is 2.30. The molecule has 0 aliphatic carbocycles. The minimum Gasteiger partial charge on any atom is -0.371 e. The number of hydrogen-bond acceptors (Lipinski definition) is 5. The van der Waals surface area contributed by atoms with Gasteiger partial charge < -0.3 is 14.6 Å². The van der Waals surface area contributed by atoms with Gasteiger partial charge in [-0.3, -0.25) is 0 Å². The molecule has 96 valence electrons. The normalized spacial score (nSPS) is 27.0. The maximum Gasteiger partial charge on any atom is 0.233 e. The zero-order valence-corrected chi connectivity index (χ0v) is 10.8. The van der Waals surface area contributed by atoms with Crippen molar-refractivity contribution in [2.45, 2.75) is 45.1 Å². The second kappa shape index (κ2) is 5.14. The third kappa shape index (κ3) is 2.66. The molecule has 17 heavy (non-hydrogen) atoms. The fourth-order valence-electron chi connectivity index (χ4n) is 2.21. The molecule has 2 heterocycles. The first-order valence-electron chi connectivity index (χ1n) is 6.32. The quantitative estimate of drug-likeness (QED) is 0.868. The number of nitrogens with one attached hydrogen (secondary N) is 1. The fraction of sp³-hybridized carbons (Fsp3) is 0.833. The fourth-order valence-corrected chi connectivity index (χ4v) is 2.21. The monoisotopic (exact) mass is 239 g/mol. The Hall–Kier alpha value is -0.940. The molecule has 1 aromatic heterocycles. The largest absolute Gasteiger partial charge is 0.371 e. The highest BCUT2D eigenvalue weighted by molar-refractivity contribution is 5.06. The summed E-state index contributed by atoms with van der Waals surface area (Å²) in [6.07, 6.45) is 2.14. The van der Waals surface area contributed by atoms with Crippen LogP contribution in [0.1, 0.15) is 51.4 Å². The van der Waals surface area contributed by atoms with Crippen LogP contribution in [-0.4, -0.2) is 29.8 Å². The van der Waals surface area contributed by atoms with Crippen LogP contribution in [-0.2, 0) is 10.2 Å². The first kappa shape index (κ1) is 12.5. The second-order valence-corrected chi connectivity index (χ2v) is 4.90. The molecule has 5 nitrogen and oxygen atoms in total. The van der Waals surface area contributed by atoms with Gasteiger partial charge in [0.25, 0.3) is 0 Å². The lowest BCUT2D eigenvalue weighted by Gasteiger charge is -2.30. The maximum atomic E-state index is 5.46. The maximum absolute atomic E-state index is 5.46. The highest BCUT2D eigenvalue weighted by Gasteiger charge is 2.34. The standard InChI is InChI=1S/C12H21N3O2/c1-4-16-9(2)10-14-11(17-15-10)12(3)6-5-7-13-8-12/h9,13H,4-8H2,1-3H3. The van der Waals surface area contributed by atoms with Gasteiger partial charge in [-0.05, 0) is 40.2 Å². The van der Waals surface area contributed by atoms with Crippen molar-refractivity contribution in [2.75, 3.05) is 19.7 Å². The van der Waals surface area contributed by atoms with Crippen molar-refractivity contribution in [2.24, 2.45) is 0 Å². The molecule has 2 unspecified atom stereocenters. The van der Waals surface area contributed by atoms with E-state index in [4.69, 9.17) is 9.26 Å². The number of piperidine rings is 1. The molecule has 2 atom stereocenters. The zero-order valence-electron chi connectivity index (χ0n) is 10.8. The van der Waals surface area contributed by atoms with Crippen LogP contribution in [0.25, 0.3) is 0 Å². The Kier molecular flexibility index (Phi) is 3.79. The van der Waals surface area contributed by atoms with Gasteiger partial charge in [-0.25, -0.2) is 0 Å². The lowest BCUT2D eigenvalue weighted by molar-refractivity contribution is 0.0683. The third-order valence-corrected chi connectivity index (χ3v) is 3.34. The molecule has 1 aliphatic rings. The highest BCUT2D eigenvalue weighted by atomic mass is 16.5. The Labute approximate surface area is 102 Å². The predicted molar refractivity (Wildman–Crippen MR) is 63.8 cm³/mol. The van der Waals surface area contributed by atoms with Crippen LogP contribution in [0, 0.1) is 0 Å². The lowest BCUT2D eigenvalue weighted by Crippen LogP contribution is -2.41. The topological polar surface area (TPSA) is 60.2 Å². The van der Waals surface area contributed by atoms with Gasteiger partial charge in [-0.15, -0.1) is 0 Å². The molecule has 5 heteroatoms. The number of hydrogen-bond donors (Lipinski definition) is 1. The van der Waals surface area contributed by atoms with E-state index in [9.17, 15) is 0 Å². The smallest absolute Gasteiger partial charge is 0.233 e. The van der Waals surface area contributed by atoms with Crippen molar-refractivity contribution in [1.29, 1.82) is 0 Å². The van der Waals surface area contributed by atoms with Gasteiger partial charge in [0.2, 0.25) is 5.89 Å². The van der Waals surface area contributed by atoms with Gasteiger partial charge in [0, 0.05) is 13.2 Å². The van der Waals surface area contributed by atoms with E-state index in [0.29, 0.717) is 12.4 Å². The Balaban J connectivity index is 2.11. The molecule has 0 spiro atoms. The van der Waals surface area contributed by atoms with Crippen molar-refractivity contribution in [3.8, 4) is 0 Å². The first-order chi connectivity index (χ1) is 8.15. The Bertz CT molecular complexity index is 358. The summed E-state index contributed by atoms with van der Waals surface area (Å²) in [7, 11) is 0. The van der Waals surface area contributed by atoms with Crippen LogP contribution in [0.4, 0.5) is 0 Å². The molecule has 0 bridgehead atoms. The molecule has 0 saturated carbocycles. The minimum atomic E-state index is -0.0994. The predicted octanol–water partition coefficient (Wildman–Crippen LogP) is 1.81. The molecule has 1 saturated heterocycles. The van der Waals surface area contributed by atoms with E-state index < -0.39 is 0 Å². The van der Waals surface area contributed by atoms with Crippen LogP contribution >= 0.6 is 0 Å². The number of ether oxygens (including phenoxy) is 1. The van der Waals surface area contributed by atoms with E-state index in [1.165, 1.54) is 0 Å². The minimum absolute atomic E-state index is 0.0323. The Morgan fingerprint density at radius 1 is 1.59 bits per heavy atom. The number of aromatic nitrogens is 2. The zero-order chi connectivity index (χ0) is 12.3. The first-order valence-corrected chi connectivity index (χ1v) is 6.32. The van der Waals surface area contributed by atoms with Gasteiger partial charge in [0.1, 0.15) is 6.10 Å². The van der Waals surface area contributed by atoms with Crippen LogP contribution < -0.4 is 5.32 Å². The molecule has 1 fully saturated rings. The molecule has 1 aromatic rings. The molecular formula is C12H21N3O2. The van der Waals surface area contributed by atoms with E-state index in [1.807, 2.05) is 13.8 Å². The molecule has 0 aromatic carbocycles. The molecule has 1 aliphatic heterocycles. The number of nitrogens with zero attached hydrogens (tertiary/aromatic N) is 2. The van der Waals surface area contributed by atoms with Crippen LogP contribution in [0.3, 0.4) is 0 Å². The molecule has 2 rings (SSSR count). The summed E-state index contributed by atoms with van der Waals surface area (Å²) in [5.74, 6) is 1.37. The Morgan fingerprint density at radius 2 is 2.41 bits per heavy atom. The van der Waals surface area contributed by atoms with Gasteiger partial charge >= 0.3 is 0 Å². The summed E-state index contributed by atoms with van der Waals surface area (Å²) in [5.41, 5.74) is -0.0323. The average Bonchev–Trinajstić information content (AvgIpc) is 2.80. The summed E-state index contributed by atoms with van der Waals surface area (Å²) in [5, 5.41) is 7.39. The van der Waals surface area contributed by atoms with Crippen LogP contribution in [0.15, 0.2) is 4.52 Å². The van der Waals surface area contributed by atoms with E-state index >= 15 is 0 Å². The van der Waals surface area contributed by atoms with Gasteiger partial charge in [0.15, 0.2) is 5.82 Å². The summed E-state index contributed by atoms with van der Waals surface area (Å²) in [4.78, 5) is 4.48. The van der Waals surface area contributed by atoms with Crippen LogP contribution in [0.2, 0.25) is 0 Å². The van der Waals surface area contributed by atoms with Gasteiger partial charge in [-0.1, -0.05) is 5.16 Å². The van der Waals surface area contributed by atoms with Gasteiger partial charge in [0.05, 0.1) is 5.41 Å². The SMILES string of the molecule is CCOC(C)c1noc(C2(C)CCCNC2)n1. The van der Waals surface area contributed by atoms with E-state index in [2.05, 4.69) is 22.4 Å². The van der Waals surface area contributed by atoms with Crippen molar-refractivity contribution < 1.29 is 9.26 Å². The van der Waals surface area contributed by atoms with E-state index in [1.54, 1.807) is 0 Å². The molecule has 0 amide bonds. The molecule has 1 N–H and O–H groups in total. The van der Waals surface area contributed by atoms with Crippen molar-refractivity contribution in [1.82, 2.24) is 15.5 Å². The van der Waals surface area contributed by atoms with Crippen molar-refractivity contribution >= 4 is 0 Å². The second-order valence-electron chi connectivity index (χ2n) is 4.90. The van der Waals surface area contributed by atoms with E-state index in [0.717, 1.165) is 31.8 Å². The summed E-state index contributed by atoms with van der Waals surface area (Å²) in [6, 6.07) is 0. The number of rotatable bonds is 4. The molecule has 0 radical (unpaired) electrons. The lowest BCUT2D eigenvalue weighted by atomic mass is 9.83. The summed E-state index contributed by atoms with van der Waals surface area (Å²) >= 11 is 0. The van der Waals surface area contributed by atoms with Crippen LogP contribution in [0.5, 0.6) is 0 Å².